The Labute approximate surface area is 262 Å². The fourth-order valence-corrected chi connectivity index (χ4v) is 6.95. The molecule has 4 aromatic carbocycles. The van der Waals surface area contributed by atoms with Crippen molar-refractivity contribution < 1.29 is 45.0 Å². The van der Waals surface area contributed by atoms with Gasteiger partial charge in [0.25, 0.3) is 10.0 Å². The first-order valence-electron chi connectivity index (χ1n) is 14.0. The molecule has 13 heteroatoms. The SMILES string of the molecule is COC(=O)c1ccc(OCCNC(=O)[C@@H]2Cc3ccccc3N2S(=O)(=O)c2ccc(-c3ccc(F)cc3C)cc2)c(C(F)(F)F)c1. The third-order valence-electron chi connectivity index (χ3n) is 7.50. The molecule has 1 atom stereocenters. The van der Waals surface area contributed by atoms with Crippen molar-refractivity contribution in [1.29, 1.82) is 0 Å². The molecule has 0 unspecified atom stereocenters. The van der Waals surface area contributed by atoms with Crippen molar-refractivity contribution in [1.82, 2.24) is 5.32 Å². The molecule has 1 amide bonds. The van der Waals surface area contributed by atoms with E-state index in [0.717, 1.165) is 29.1 Å². The van der Waals surface area contributed by atoms with Crippen LogP contribution in [0.3, 0.4) is 0 Å². The third-order valence-corrected chi connectivity index (χ3v) is 9.34. The number of amides is 1. The summed E-state index contributed by atoms with van der Waals surface area (Å²) in [6, 6.07) is 18.6. The van der Waals surface area contributed by atoms with E-state index in [1.165, 1.54) is 24.3 Å². The number of sulfonamides is 1. The van der Waals surface area contributed by atoms with Crippen molar-refractivity contribution in [2.24, 2.45) is 0 Å². The van der Waals surface area contributed by atoms with E-state index in [2.05, 4.69) is 10.1 Å². The second kappa shape index (κ2) is 12.8. The molecule has 0 aromatic heterocycles. The number of nitrogens with one attached hydrogen (secondary N) is 1. The Hall–Kier alpha value is -4.91. The number of nitrogens with zero attached hydrogens (tertiary/aromatic N) is 1. The first-order valence-corrected chi connectivity index (χ1v) is 15.4. The number of hydrogen-bond donors (Lipinski definition) is 1. The predicted molar refractivity (Wildman–Crippen MR) is 161 cm³/mol. The van der Waals surface area contributed by atoms with E-state index in [-0.39, 0.29) is 35.8 Å². The quantitative estimate of drug-likeness (QED) is 0.136. The lowest BCUT2D eigenvalue weighted by Gasteiger charge is -2.26. The highest BCUT2D eigenvalue weighted by molar-refractivity contribution is 7.93. The Bertz CT molecular complexity index is 1900. The Morgan fingerprint density at radius 2 is 1.70 bits per heavy atom. The van der Waals surface area contributed by atoms with Crippen LogP contribution in [0.15, 0.2) is 89.8 Å². The van der Waals surface area contributed by atoms with Crippen LogP contribution in [0.25, 0.3) is 11.1 Å². The zero-order valence-electron chi connectivity index (χ0n) is 24.6. The van der Waals surface area contributed by atoms with Crippen molar-refractivity contribution >= 4 is 27.6 Å². The minimum Gasteiger partial charge on any atom is -0.491 e. The van der Waals surface area contributed by atoms with Gasteiger partial charge in [0.2, 0.25) is 5.91 Å². The first kappa shape index (κ1) is 32.5. The lowest BCUT2D eigenvalue weighted by Crippen LogP contribution is -2.48. The number of para-hydroxylation sites is 1. The molecule has 0 saturated carbocycles. The Kier molecular flexibility index (Phi) is 9.06. The van der Waals surface area contributed by atoms with Crippen LogP contribution >= 0.6 is 0 Å². The number of benzene rings is 4. The second-order valence-corrected chi connectivity index (χ2v) is 12.3. The van der Waals surface area contributed by atoms with Crippen molar-refractivity contribution in [3.05, 3.63) is 113 Å². The summed E-state index contributed by atoms with van der Waals surface area (Å²) in [5, 5.41) is 2.57. The summed E-state index contributed by atoms with van der Waals surface area (Å²) in [5.41, 5.74) is 1.56. The maximum absolute atomic E-state index is 13.9. The topological polar surface area (TPSA) is 102 Å². The number of halogens is 4. The standard InChI is InChI=1S/C33H28F4N2O6S/c1-20-17-24(34)10-13-26(20)21-7-11-25(12-8-21)46(42,43)39-28-6-4-3-5-22(28)19-29(39)31(40)38-15-16-45-30-14-9-23(32(41)44-2)18-27(30)33(35,36)37/h3-14,17-18,29H,15-16,19H2,1-2H3,(H,38,40)/t29-/m0/s1. The van der Waals surface area contributed by atoms with E-state index in [1.807, 2.05) is 0 Å². The van der Waals surface area contributed by atoms with Gasteiger partial charge in [-0.2, -0.15) is 13.2 Å². The lowest BCUT2D eigenvalue weighted by molar-refractivity contribution is -0.139. The van der Waals surface area contributed by atoms with Crippen LogP contribution in [0.2, 0.25) is 0 Å². The van der Waals surface area contributed by atoms with Crippen molar-refractivity contribution in [3.8, 4) is 16.9 Å². The van der Waals surface area contributed by atoms with Crippen LogP contribution in [0.5, 0.6) is 5.75 Å². The summed E-state index contributed by atoms with van der Waals surface area (Å²) in [7, 11) is -3.21. The van der Waals surface area contributed by atoms with Crippen molar-refractivity contribution in [2.45, 2.75) is 30.5 Å². The van der Waals surface area contributed by atoms with Gasteiger partial charge < -0.3 is 14.8 Å². The summed E-state index contributed by atoms with van der Waals surface area (Å²) in [6.45, 7) is 1.14. The van der Waals surface area contributed by atoms with Crippen molar-refractivity contribution in [3.63, 3.8) is 0 Å². The third kappa shape index (κ3) is 6.54. The van der Waals surface area contributed by atoms with E-state index in [0.29, 0.717) is 28.4 Å². The molecule has 0 bridgehead atoms. The molecule has 0 spiro atoms. The minimum absolute atomic E-state index is 0.0658. The Balaban J connectivity index is 1.32. The van der Waals surface area contributed by atoms with Crippen LogP contribution < -0.4 is 14.4 Å². The lowest BCUT2D eigenvalue weighted by atomic mass is 10.0. The number of esters is 1. The Morgan fingerprint density at radius 1 is 0.978 bits per heavy atom. The maximum Gasteiger partial charge on any atom is 0.419 e. The number of carbonyl (C=O) groups is 2. The number of ether oxygens (including phenoxy) is 2. The molecule has 0 radical (unpaired) electrons. The van der Waals surface area contributed by atoms with Gasteiger partial charge in [-0.25, -0.2) is 17.6 Å². The maximum atomic E-state index is 13.9. The molecular weight excluding hydrogens is 628 g/mol. The van der Waals surface area contributed by atoms with Gasteiger partial charge in [0.15, 0.2) is 0 Å². The number of aryl methyl sites for hydroxylation is 1. The van der Waals surface area contributed by atoms with Crippen molar-refractivity contribution in [2.75, 3.05) is 24.6 Å². The van der Waals surface area contributed by atoms with Crippen LogP contribution in [0.1, 0.15) is 27.0 Å². The van der Waals surface area contributed by atoms with Crippen LogP contribution in [0, 0.1) is 12.7 Å². The highest BCUT2D eigenvalue weighted by Gasteiger charge is 2.42. The first-order chi connectivity index (χ1) is 21.8. The minimum atomic E-state index is -4.83. The number of fused-ring (bicyclic) bond motifs is 1. The summed E-state index contributed by atoms with van der Waals surface area (Å²) in [4.78, 5) is 25.0. The molecule has 46 heavy (non-hydrogen) atoms. The van der Waals surface area contributed by atoms with Gasteiger partial charge in [-0.3, -0.25) is 9.10 Å². The highest BCUT2D eigenvalue weighted by atomic mass is 32.2. The fourth-order valence-electron chi connectivity index (χ4n) is 5.30. The van der Waals surface area contributed by atoms with E-state index in [4.69, 9.17) is 4.74 Å². The molecule has 8 nitrogen and oxygen atoms in total. The molecule has 0 fully saturated rings. The van der Waals surface area contributed by atoms with Gasteiger partial charge >= 0.3 is 12.1 Å². The molecule has 0 aliphatic carbocycles. The number of carbonyl (C=O) groups excluding carboxylic acids is 2. The fraction of sp³-hybridized carbons (Fsp3) is 0.212. The van der Waals surface area contributed by atoms with Gasteiger partial charge in [-0.05, 0) is 77.7 Å². The van der Waals surface area contributed by atoms with E-state index in [9.17, 15) is 35.6 Å². The zero-order valence-corrected chi connectivity index (χ0v) is 25.4. The zero-order chi connectivity index (χ0) is 33.2. The van der Waals surface area contributed by atoms with E-state index < -0.39 is 45.4 Å². The van der Waals surface area contributed by atoms with Crippen LogP contribution in [-0.2, 0) is 32.2 Å². The van der Waals surface area contributed by atoms with E-state index in [1.54, 1.807) is 49.4 Å². The normalized spacial score (nSPS) is 14.5. The average Bonchev–Trinajstić information content (AvgIpc) is 3.43. The molecule has 1 N–H and O–H groups in total. The molecular formula is C33H28F4N2O6S. The van der Waals surface area contributed by atoms with Gasteiger partial charge in [0.05, 0.1) is 35.4 Å². The van der Waals surface area contributed by atoms with Crippen LogP contribution in [-0.4, -0.2) is 46.6 Å². The molecule has 0 saturated heterocycles. The summed E-state index contributed by atoms with van der Waals surface area (Å²) in [5.74, 6) is -2.55. The number of hydrogen-bond acceptors (Lipinski definition) is 6. The number of methoxy groups -OCH3 is 1. The summed E-state index contributed by atoms with van der Waals surface area (Å²) < 4.78 is 93.2. The summed E-state index contributed by atoms with van der Waals surface area (Å²) >= 11 is 0. The van der Waals surface area contributed by atoms with Gasteiger partial charge in [-0.1, -0.05) is 36.4 Å². The summed E-state index contributed by atoms with van der Waals surface area (Å²) in [6.07, 6.45) is -4.76. The molecule has 1 aliphatic rings. The number of alkyl halides is 3. The Morgan fingerprint density at radius 3 is 2.37 bits per heavy atom. The second-order valence-electron chi connectivity index (χ2n) is 10.5. The number of rotatable bonds is 9. The van der Waals surface area contributed by atoms with Gasteiger partial charge in [0, 0.05) is 6.42 Å². The molecule has 240 valence electrons. The molecule has 5 rings (SSSR count). The average molecular weight is 657 g/mol. The molecule has 1 aliphatic heterocycles. The molecule has 1 heterocycles. The predicted octanol–water partition coefficient (Wildman–Crippen LogP) is 5.92. The van der Waals surface area contributed by atoms with Gasteiger partial charge in [0.1, 0.15) is 24.2 Å². The monoisotopic (exact) mass is 656 g/mol. The smallest absolute Gasteiger partial charge is 0.419 e. The van der Waals surface area contributed by atoms with E-state index >= 15 is 0 Å². The largest absolute Gasteiger partial charge is 0.491 e. The van der Waals surface area contributed by atoms with Gasteiger partial charge in [-0.15, -0.1) is 0 Å². The van der Waals surface area contributed by atoms with Crippen LogP contribution in [0.4, 0.5) is 23.2 Å². The molecule has 4 aromatic rings. The number of anilines is 1. The highest BCUT2D eigenvalue weighted by Crippen LogP contribution is 2.38.